The standard InChI is InChI=1S/C15H19N3O/c1-4-18(5-2)15(19)17(3)14-11-10-12-8-6-7-9-13(12)16-14/h6-11H,4-5H2,1-3H3. The third-order valence-corrected chi connectivity index (χ3v) is 3.25. The summed E-state index contributed by atoms with van der Waals surface area (Å²) in [7, 11) is 1.76. The molecule has 0 fully saturated rings. The summed E-state index contributed by atoms with van der Waals surface area (Å²) >= 11 is 0. The monoisotopic (exact) mass is 257 g/mol. The minimum absolute atomic E-state index is 0.0206. The van der Waals surface area contributed by atoms with Gasteiger partial charge in [-0.15, -0.1) is 0 Å². The van der Waals surface area contributed by atoms with E-state index in [1.165, 1.54) is 0 Å². The van der Waals surface area contributed by atoms with Crippen molar-refractivity contribution >= 4 is 22.8 Å². The molecule has 1 aromatic carbocycles. The van der Waals surface area contributed by atoms with Gasteiger partial charge in [-0.3, -0.25) is 4.90 Å². The van der Waals surface area contributed by atoms with E-state index in [1.807, 2.05) is 50.2 Å². The Morgan fingerprint density at radius 3 is 2.47 bits per heavy atom. The Morgan fingerprint density at radius 2 is 1.79 bits per heavy atom. The first kappa shape index (κ1) is 13.3. The first-order valence-corrected chi connectivity index (χ1v) is 6.55. The second kappa shape index (κ2) is 5.69. The van der Waals surface area contributed by atoms with Gasteiger partial charge in [-0.2, -0.15) is 0 Å². The number of nitrogens with zero attached hydrogens (tertiary/aromatic N) is 3. The molecule has 1 heterocycles. The van der Waals surface area contributed by atoms with Gasteiger partial charge in [-0.05, 0) is 32.0 Å². The van der Waals surface area contributed by atoms with E-state index >= 15 is 0 Å². The molecule has 19 heavy (non-hydrogen) atoms. The number of aromatic nitrogens is 1. The van der Waals surface area contributed by atoms with Crippen molar-refractivity contribution in [1.29, 1.82) is 0 Å². The highest BCUT2D eigenvalue weighted by Gasteiger charge is 2.17. The molecular formula is C15H19N3O. The van der Waals surface area contributed by atoms with Crippen molar-refractivity contribution < 1.29 is 4.79 Å². The normalized spacial score (nSPS) is 10.5. The van der Waals surface area contributed by atoms with Gasteiger partial charge in [-0.1, -0.05) is 18.2 Å². The fourth-order valence-corrected chi connectivity index (χ4v) is 2.05. The van der Waals surface area contributed by atoms with E-state index in [4.69, 9.17) is 0 Å². The van der Waals surface area contributed by atoms with Gasteiger partial charge in [0.15, 0.2) is 0 Å². The average Bonchev–Trinajstić information content (AvgIpc) is 2.47. The summed E-state index contributed by atoms with van der Waals surface area (Å²) in [5, 5.41) is 1.08. The third-order valence-electron chi connectivity index (χ3n) is 3.25. The van der Waals surface area contributed by atoms with Gasteiger partial charge < -0.3 is 4.90 Å². The number of anilines is 1. The molecule has 1 aromatic heterocycles. The predicted octanol–water partition coefficient (Wildman–Crippen LogP) is 3.13. The van der Waals surface area contributed by atoms with Crippen molar-refractivity contribution in [2.24, 2.45) is 0 Å². The molecule has 0 bridgehead atoms. The lowest BCUT2D eigenvalue weighted by molar-refractivity contribution is 0.211. The summed E-state index contributed by atoms with van der Waals surface area (Å²) in [5.74, 6) is 0.676. The summed E-state index contributed by atoms with van der Waals surface area (Å²) in [5.41, 5.74) is 0.902. The third kappa shape index (κ3) is 2.67. The molecule has 0 radical (unpaired) electrons. The second-order valence-corrected chi connectivity index (χ2v) is 4.38. The molecular weight excluding hydrogens is 238 g/mol. The molecule has 2 amide bonds. The minimum atomic E-state index is -0.0206. The minimum Gasteiger partial charge on any atom is -0.325 e. The zero-order valence-electron chi connectivity index (χ0n) is 11.6. The topological polar surface area (TPSA) is 36.4 Å². The predicted molar refractivity (Wildman–Crippen MR) is 78.5 cm³/mol. The van der Waals surface area contributed by atoms with E-state index in [-0.39, 0.29) is 6.03 Å². The number of amides is 2. The van der Waals surface area contributed by atoms with E-state index in [0.29, 0.717) is 18.9 Å². The number of carbonyl (C=O) groups is 1. The molecule has 2 rings (SSSR count). The lowest BCUT2D eigenvalue weighted by Crippen LogP contribution is -2.41. The van der Waals surface area contributed by atoms with Crippen molar-refractivity contribution in [1.82, 2.24) is 9.88 Å². The largest absolute Gasteiger partial charge is 0.325 e. The molecule has 100 valence electrons. The van der Waals surface area contributed by atoms with Gasteiger partial charge in [0, 0.05) is 25.5 Å². The Kier molecular flexibility index (Phi) is 4.00. The Morgan fingerprint density at radius 1 is 1.11 bits per heavy atom. The van der Waals surface area contributed by atoms with Crippen molar-refractivity contribution in [2.75, 3.05) is 25.0 Å². The molecule has 0 aliphatic rings. The molecule has 0 atom stereocenters. The number of pyridine rings is 1. The van der Waals surface area contributed by atoms with Crippen molar-refractivity contribution in [3.63, 3.8) is 0 Å². The number of para-hydroxylation sites is 1. The maximum absolute atomic E-state index is 12.3. The Hall–Kier alpha value is -2.10. The summed E-state index contributed by atoms with van der Waals surface area (Å²) in [4.78, 5) is 20.2. The van der Waals surface area contributed by atoms with Crippen molar-refractivity contribution in [3.8, 4) is 0 Å². The van der Waals surface area contributed by atoms with Gasteiger partial charge in [0.2, 0.25) is 0 Å². The SMILES string of the molecule is CCN(CC)C(=O)N(C)c1ccc2ccccc2n1. The van der Waals surface area contributed by atoms with Gasteiger partial charge in [0.05, 0.1) is 5.52 Å². The first-order valence-electron chi connectivity index (χ1n) is 6.55. The highest BCUT2D eigenvalue weighted by atomic mass is 16.2. The molecule has 0 unspecified atom stereocenters. The summed E-state index contributed by atoms with van der Waals surface area (Å²) in [6.45, 7) is 5.35. The zero-order valence-corrected chi connectivity index (χ0v) is 11.6. The number of hydrogen-bond donors (Lipinski definition) is 0. The van der Waals surface area contributed by atoms with Gasteiger partial charge in [-0.25, -0.2) is 9.78 Å². The van der Waals surface area contributed by atoms with Gasteiger partial charge >= 0.3 is 6.03 Å². The van der Waals surface area contributed by atoms with Crippen LogP contribution in [0.15, 0.2) is 36.4 Å². The molecule has 0 spiro atoms. The number of rotatable bonds is 3. The van der Waals surface area contributed by atoms with E-state index in [1.54, 1.807) is 16.8 Å². The number of carbonyl (C=O) groups excluding carboxylic acids is 1. The second-order valence-electron chi connectivity index (χ2n) is 4.38. The molecule has 0 saturated carbocycles. The lowest BCUT2D eigenvalue weighted by atomic mass is 10.2. The Bertz CT molecular complexity index is 578. The maximum Gasteiger partial charge on any atom is 0.325 e. The molecule has 4 heteroatoms. The molecule has 2 aromatic rings. The van der Waals surface area contributed by atoms with E-state index < -0.39 is 0 Å². The Labute approximate surface area is 113 Å². The number of hydrogen-bond acceptors (Lipinski definition) is 2. The summed E-state index contributed by atoms with van der Waals surface area (Å²) in [6, 6.07) is 11.7. The maximum atomic E-state index is 12.3. The Balaban J connectivity index is 2.30. The zero-order chi connectivity index (χ0) is 13.8. The number of benzene rings is 1. The highest BCUT2D eigenvalue weighted by Crippen LogP contribution is 2.17. The van der Waals surface area contributed by atoms with Crippen LogP contribution in [0.3, 0.4) is 0 Å². The summed E-state index contributed by atoms with van der Waals surface area (Å²) in [6.07, 6.45) is 0. The van der Waals surface area contributed by atoms with Gasteiger partial charge in [0.25, 0.3) is 0 Å². The van der Waals surface area contributed by atoms with Crippen LogP contribution in [0.2, 0.25) is 0 Å². The van der Waals surface area contributed by atoms with Crippen LogP contribution >= 0.6 is 0 Å². The van der Waals surface area contributed by atoms with Gasteiger partial charge in [0.1, 0.15) is 5.82 Å². The molecule has 0 aliphatic carbocycles. The average molecular weight is 257 g/mol. The number of fused-ring (bicyclic) bond motifs is 1. The van der Waals surface area contributed by atoms with Crippen LogP contribution < -0.4 is 4.90 Å². The molecule has 0 N–H and O–H groups in total. The van der Waals surface area contributed by atoms with E-state index in [2.05, 4.69) is 4.98 Å². The summed E-state index contributed by atoms with van der Waals surface area (Å²) < 4.78 is 0. The van der Waals surface area contributed by atoms with Crippen LogP contribution in [-0.2, 0) is 0 Å². The fraction of sp³-hybridized carbons (Fsp3) is 0.333. The van der Waals surface area contributed by atoms with Crippen LogP contribution in [0.4, 0.5) is 10.6 Å². The molecule has 0 saturated heterocycles. The quantitative estimate of drug-likeness (QED) is 0.847. The molecule has 4 nitrogen and oxygen atoms in total. The first-order chi connectivity index (χ1) is 9.17. The number of urea groups is 1. The van der Waals surface area contributed by atoms with Crippen molar-refractivity contribution in [3.05, 3.63) is 36.4 Å². The fourth-order valence-electron chi connectivity index (χ4n) is 2.05. The van der Waals surface area contributed by atoms with Crippen LogP contribution in [0.25, 0.3) is 10.9 Å². The molecule has 0 aliphatic heterocycles. The smallest absolute Gasteiger partial charge is 0.325 e. The van der Waals surface area contributed by atoms with Crippen LogP contribution in [0, 0.1) is 0 Å². The van der Waals surface area contributed by atoms with E-state index in [9.17, 15) is 4.79 Å². The van der Waals surface area contributed by atoms with Crippen LogP contribution in [0.5, 0.6) is 0 Å². The van der Waals surface area contributed by atoms with Crippen molar-refractivity contribution in [2.45, 2.75) is 13.8 Å². The van der Waals surface area contributed by atoms with Crippen LogP contribution in [-0.4, -0.2) is 36.1 Å². The highest BCUT2D eigenvalue weighted by molar-refractivity contribution is 5.92. The van der Waals surface area contributed by atoms with E-state index in [0.717, 1.165) is 10.9 Å². The lowest BCUT2D eigenvalue weighted by Gasteiger charge is -2.25. The van der Waals surface area contributed by atoms with Crippen LogP contribution in [0.1, 0.15) is 13.8 Å².